The van der Waals surface area contributed by atoms with E-state index in [2.05, 4.69) is 14.6 Å². The summed E-state index contributed by atoms with van der Waals surface area (Å²) in [7, 11) is 0. The average molecular weight is 497 g/mol. The maximum Gasteiger partial charge on any atom is 0.573 e. The van der Waals surface area contributed by atoms with Crippen LogP contribution in [0.3, 0.4) is 0 Å². The van der Waals surface area contributed by atoms with Gasteiger partial charge >= 0.3 is 6.36 Å². The lowest BCUT2D eigenvalue weighted by atomic mass is 10.1. The quantitative estimate of drug-likeness (QED) is 0.381. The highest BCUT2D eigenvalue weighted by molar-refractivity contribution is 7.10. The van der Waals surface area contributed by atoms with Crippen LogP contribution in [-0.4, -0.2) is 22.7 Å². The topological polar surface area (TPSA) is 63.6 Å². The zero-order valence-corrected chi connectivity index (χ0v) is 18.9. The number of halogens is 3. The first-order chi connectivity index (χ1) is 16.8. The van der Waals surface area contributed by atoms with E-state index in [0.717, 1.165) is 22.3 Å². The van der Waals surface area contributed by atoms with Crippen molar-refractivity contribution in [3.05, 3.63) is 100 Å². The molecular weight excluding hydrogens is 479 g/mol. The van der Waals surface area contributed by atoms with E-state index >= 15 is 0 Å². The van der Waals surface area contributed by atoms with E-state index in [-0.39, 0.29) is 11.5 Å². The van der Waals surface area contributed by atoms with Gasteiger partial charge in [0.25, 0.3) is 11.8 Å². The van der Waals surface area contributed by atoms with Crippen molar-refractivity contribution >= 4 is 34.5 Å². The van der Waals surface area contributed by atoms with E-state index in [0.29, 0.717) is 24.3 Å². The van der Waals surface area contributed by atoms with Crippen molar-refractivity contribution < 1.29 is 27.5 Å². The summed E-state index contributed by atoms with van der Waals surface area (Å²) in [6.07, 6.45) is -2.93. The minimum atomic E-state index is -4.92. The first-order valence-corrected chi connectivity index (χ1v) is 11.4. The highest BCUT2D eigenvalue weighted by Crippen LogP contribution is 2.33. The molecule has 178 valence electrons. The van der Waals surface area contributed by atoms with E-state index in [1.807, 2.05) is 29.8 Å². The Morgan fingerprint density at radius 3 is 2.49 bits per heavy atom. The molecule has 10 heteroatoms. The molecule has 3 heterocycles. The SMILES string of the molecule is O=C(Nc1ccc(C(=O)N2Cc3cccn3Cc3sccc32)cc1)c1ccccc1OC(F)(F)F. The van der Waals surface area contributed by atoms with Crippen molar-refractivity contribution in [3.63, 3.8) is 0 Å². The number of fused-ring (bicyclic) bond motifs is 2. The number of carbonyl (C=O) groups is 2. The zero-order valence-electron chi connectivity index (χ0n) is 18.1. The molecule has 1 aliphatic heterocycles. The van der Waals surface area contributed by atoms with Crippen LogP contribution in [0.15, 0.2) is 78.3 Å². The lowest BCUT2D eigenvalue weighted by molar-refractivity contribution is -0.274. The van der Waals surface area contributed by atoms with Crippen molar-refractivity contribution in [2.75, 3.05) is 10.2 Å². The van der Waals surface area contributed by atoms with Crippen molar-refractivity contribution in [3.8, 4) is 5.75 Å². The van der Waals surface area contributed by atoms with Crippen LogP contribution in [0.25, 0.3) is 0 Å². The van der Waals surface area contributed by atoms with Gasteiger partial charge in [-0.25, -0.2) is 0 Å². The molecule has 0 radical (unpaired) electrons. The number of anilines is 2. The fraction of sp³-hybridized carbons (Fsp3) is 0.120. The molecule has 0 fully saturated rings. The Kier molecular flexibility index (Phi) is 5.81. The summed E-state index contributed by atoms with van der Waals surface area (Å²) < 4.78 is 44.0. The minimum Gasteiger partial charge on any atom is -0.405 e. The molecule has 2 aromatic heterocycles. The average Bonchev–Trinajstić information content (AvgIpc) is 3.44. The van der Waals surface area contributed by atoms with E-state index in [9.17, 15) is 22.8 Å². The highest BCUT2D eigenvalue weighted by atomic mass is 32.1. The molecule has 0 aliphatic carbocycles. The van der Waals surface area contributed by atoms with Crippen molar-refractivity contribution in [1.82, 2.24) is 4.57 Å². The first-order valence-electron chi connectivity index (χ1n) is 10.6. The van der Waals surface area contributed by atoms with Crippen molar-refractivity contribution in [2.45, 2.75) is 19.5 Å². The molecule has 0 atom stereocenters. The monoisotopic (exact) mass is 497 g/mol. The van der Waals surface area contributed by atoms with E-state index < -0.39 is 18.0 Å². The second kappa shape index (κ2) is 8.95. The molecule has 2 aromatic carbocycles. The van der Waals surface area contributed by atoms with E-state index in [4.69, 9.17) is 0 Å². The lowest BCUT2D eigenvalue weighted by Crippen LogP contribution is -2.30. The summed E-state index contributed by atoms with van der Waals surface area (Å²) in [6, 6.07) is 17.2. The highest BCUT2D eigenvalue weighted by Gasteiger charge is 2.33. The fourth-order valence-electron chi connectivity index (χ4n) is 3.94. The molecule has 0 spiro atoms. The summed E-state index contributed by atoms with van der Waals surface area (Å²) >= 11 is 1.59. The molecular formula is C25H18F3N3O3S. The van der Waals surface area contributed by atoms with Crippen LogP contribution in [0.5, 0.6) is 5.75 Å². The molecule has 2 amide bonds. The zero-order chi connectivity index (χ0) is 24.6. The van der Waals surface area contributed by atoms with Gasteiger partial charge in [0.15, 0.2) is 0 Å². The summed E-state index contributed by atoms with van der Waals surface area (Å²) in [5.41, 5.74) is 2.37. The van der Waals surface area contributed by atoms with Gasteiger partial charge in [-0.3, -0.25) is 9.59 Å². The number of alkyl halides is 3. The number of amides is 2. The number of nitrogens with zero attached hydrogens (tertiary/aromatic N) is 2. The Labute approximate surface area is 202 Å². The van der Waals surface area contributed by atoms with Gasteiger partial charge in [0.1, 0.15) is 5.75 Å². The Morgan fingerprint density at radius 1 is 0.943 bits per heavy atom. The predicted octanol–water partition coefficient (Wildman–Crippen LogP) is 5.91. The molecule has 35 heavy (non-hydrogen) atoms. The minimum absolute atomic E-state index is 0.193. The number of thiophene rings is 1. The van der Waals surface area contributed by atoms with Crippen LogP contribution in [0, 0.1) is 0 Å². The number of nitrogens with one attached hydrogen (secondary N) is 1. The van der Waals surface area contributed by atoms with Gasteiger partial charge in [-0.05, 0) is 60.0 Å². The fourth-order valence-corrected chi connectivity index (χ4v) is 4.82. The summed E-state index contributed by atoms with van der Waals surface area (Å²) in [5.74, 6) is -1.55. The van der Waals surface area contributed by atoms with Gasteiger partial charge in [-0.2, -0.15) is 0 Å². The van der Waals surface area contributed by atoms with Gasteiger partial charge in [-0.15, -0.1) is 24.5 Å². The third-order valence-electron chi connectivity index (χ3n) is 5.56. The van der Waals surface area contributed by atoms with Crippen molar-refractivity contribution in [1.29, 1.82) is 0 Å². The van der Waals surface area contributed by atoms with Gasteiger partial charge in [-0.1, -0.05) is 12.1 Å². The summed E-state index contributed by atoms with van der Waals surface area (Å²) in [4.78, 5) is 28.8. The molecule has 0 bridgehead atoms. The third-order valence-corrected chi connectivity index (χ3v) is 6.46. The lowest BCUT2D eigenvalue weighted by Gasteiger charge is -2.21. The first kappa shape index (κ1) is 22.7. The smallest absolute Gasteiger partial charge is 0.405 e. The molecule has 6 nitrogen and oxygen atoms in total. The second-order valence-electron chi connectivity index (χ2n) is 7.82. The van der Waals surface area contributed by atoms with Gasteiger partial charge in [0.2, 0.25) is 0 Å². The van der Waals surface area contributed by atoms with E-state index in [1.54, 1.807) is 28.4 Å². The van der Waals surface area contributed by atoms with Crippen LogP contribution >= 0.6 is 11.3 Å². The number of aromatic nitrogens is 1. The number of hydrogen-bond acceptors (Lipinski definition) is 4. The van der Waals surface area contributed by atoms with Crippen molar-refractivity contribution in [2.24, 2.45) is 0 Å². The summed E-state index contributed by atoms with van der Waals surface area (Å²) in [5, 5.41) is 4.51. The third kappa shape index (κ3) is 4.78. The van der Waals surface area contributed by atoms with Crippen LogP contribution < -0.4 is 15.0 Å². The Bertz CT molecular complexity index is 1390. The van der Waals surface area contributed by atoms with Crippen LogP contribution in [0.4, 0.5) is 24.5 Å². The van der Waals surface area contributed by atoms with Gasteiger partial charge < -0.3 is 19.5 Å². The number of para-hydroxylation sites is 1. The van der Waals surface area contributed by atoms with Gasteiger partial charge in [0.05, 0.1) is 24.3 Å². The molecule has 5 rings (SSSR count). The molecule has 1 aliphatic rings. The number of carbonyl (C=O) groups excluding carboxylic acids is 2. The Balaban J connectivity index is 1.34. The maximum absolute atomic E-state index is 13.4. The van der Waals surface area contributed by atoms with Crippen LogP contribution in [0.1, 0.15) is 31.3 Å². The normalized spacial score (nSPS) is 12.9. The Hall–Kier alpha value is -4.05. The van der Waals surface area contributed by atoms with Crippen LogP contribution in [-0.2, 0) is 13.1 Å². The standard InChI is InChI=1S/C25H18F3N3O3S/c26-25(27,28)34-21-6-2-1-5-19(21)23(32)29-17-9-7-16(8-10-17)24(33)31-14-18-4-3-12-30(18)15-22-20(31)11-13-35-22/h1-13H,14-15H2,(H,29,32). The van der Waals surface area contributed by atoms with E-state index in [1.165, 1.54) is 30.3 Å². The number of benzene rings is 2. The second-order valence-corrected chi connectivity index (χ2v) is 8.82. The maximum atomic E-state index is 13.4. The largest absolute Gasteiger partial charge is 0.573 e. The molecule has 0 saturated heterocycles. The number of ether oxygens (including phenoxy) is 1. The molecule has 0 unspecified atom stereocenters. The number of hydrogen-bond donors (Lipinski definition) is 1. The Morgan fingerprint density at radius 2 is 1.71 bits per heavy atom. The summed E-state index contributed by atoms with van der Waals surface area (Å²) in [6.45, 7) is 1.12. The van der Waals surface area contributed by atoms with Crippen LogP contribution in [0.2, 0.25) is 0 Å². The van der Waals surface area contributed by atoms with Gasteiger partial charge in [0, 0.05) is 28.0 Å². The molecule has 1 N–H and O–H groups in total. The number of rotatable bonds is 4. The molecule has 0 saturated carbocycles. The predicted molar refractivity (Wildman–Crippen MR) is 126 cm³/mol. The molecule has 4 aromatic rings.